The molecule has 2 aromatic heterocycles. The van der Waals surface area contributed by atoms with Gasteiger partial charge in [-0.05, 0) is 35.4 Å². The van der Waals surface area contributed by atoms with E-state index in [9.17, 15) is 10.1 Å². The summed E-state index contributed by atoms with van der Waals surface area (Å²) >= 11 is 0. The first-order chi connectivity index (χ1) is 11.1. The van der Waals surface area contributed by atoms with Gasteiger partial charge in [-0.3, -0.25) is 10.1 Å². The Hall–Kier alpha value is -2.76. The minimum Gasteiger partial charge on any atom is -0.343 e. The molecule has 0 fully saturated rings. The summed E-state index contributed by atoms with van der Waals surface area (Å²) in [7, 11) is 0. The lowest BCUT2D eigenvalue weighted by Gasteiger charge is -2.20. The van der Waals surface area contributed by atoms with E-state index in [1.54, 1.807) is 24.7 Å². The lowest BCUT2D eigenvalue weighted by molar-refractivity contribution is -0.384. The molecule has 0 saturated heterocycles. The molecular formula is C17H18N4O2. The maximum absolute atomic E-state index is 10.7. The molecule has 6 nitrogen and oxygen atoms in total. The van der Waals surface area contributed by atoms with Crippen LogP contribution in [0.3, 0.4) is 0 Å². The number of nitro benzene ring substituents is 1. The zero-order chi connectivity index (χ0) is 16.4. The number of hydrogen-bond donors (Lipinski definition) is 1. The zero-order valence-electron chi connectivity index (χ0n) is 13.1. The standard InChI is InChI=1S/C17H18N4O2/c1-11(9-13-3-5-14(6-4-13)21(22)23)12(2)15-7-8-18-17-16(15)19-10-20-17/h3-8,10-12H,9H2,1-2H3,(H,18,19,20). The fourth-order valence-electron chi connectivity index (χ4n) is 2.86. The molecular weight excluding hydrogens is 292 g/mol. The quantitative estimate of drug-likeness (QED) is 0.573. The predicted molar refractivity (Wildman–Crippen MR) is 88.3 cm³/mol. The predicted octanol–water partition coefficient (Wildman–Crippen LogP) is 3.85. The van der Waals surface area contributed by atoms with Gasteiger partial charge in [0.2, 0.25) is 0 Å². The number of nitrogens with one attached hydrogen (secondary N) is 1. The van der Waals surface area contributed by atoms with E-state index in [1.165, 1.54) is 5.56 Å². The molecule has 2 unspecified atom stereocenters. The van der Waals surface area contributed by atoms with Gasteiger partial charge < -0.3 is 4.98 Å². The molecule has 2 atom stereocenters. The number of nitro groups is 1. The molecule has 0 amide bonds. The highest BCUT2D eigenvalue weighted by molar-refractivity contribution is 5.74. The van der Waals surface area contributed by atoms with Crippen LogP contribution in [0.25, 0.3) is 11.2 Å². The van der Waals surface area contributed by atoms with Crippen LogP contribution < -0.4 is 0 Å². The monoisotopic (exact) mass is 310 g/mol. The Morgan fingerprint density at radius 2 is 1.91 bits per heavy atom. The molecule has 3 aromatic rings. The molecule has 118 valence electrons. The molecule has 1 aromatic carbocycles. The van der Waals surface area contributed by atoms with Crippen LogP contribution >= 0.6 is 0 Å². The van der Waals surface area contributed by atoms with E-state index in [2.05, 4.69) is 28.8 Å². The first-order valence-corrected chi connectivity index (χ1v) is 7.57. The minimum atomic E-state index is -0.373. The van der Waals surface area contributed by atoms with Gasteiger partial charge >= 0.3 is 0 Å². The number of benzene rings is 1. The molecule has 0 aliphatic heterocycles. The summed E-state index contributed by atoms with van der Waals surface area (Å²) in [6, 6.07) is 8.81. The average molecular weight is 310 g/mol. The van der Waals surface area contributed by atoms with Crippen molar-refractivity contribution in [3.05, 3.63) is 64.1 Å². The second-order valence-electron chi connectivity index (χ2n) is 5.89. The van der Waals surface area contributed by atoms with E-state index in [0.29, 0.717) is 11.8 Å². The Labute approximate surface area is 133 Å². The molecule has 0 radical (unpaired) electrons. The third-order valence-electron chi connectivity index (χ3n) is 4.41. The SMILES string of the molecule is CC(Cc1ccc([N+](=O)[O-])cc1)C(C)c1ccnc2nc[nH]c12. The van der Waals surface area contributed by atoms with E-state index in [-0.39, 0.29) is 10.6 Å². The molecule has 0 spiro atoms. The summed E-state index contributed by atoms with van der Waals surface area (Å²) < 4.78 is 0. The number of nitrogens with zero attached hydrogens (tertiary/aromatic N) is 3. The molecule has 3 rings (SSSR count). The third-order valence-corrected chi connectivity index (χ3v) is 4.41. The average Bonchev–Trinajstić information content (AvgIpc) is 3.03. The van der Waals surface area contributed by atoms with Crippen molar-refractivity contribution in [2.45, 2.75) is 26.2 Å². The fraction of sp³-hybridized carbons (Fsp3) is 0.294. The van der Waals surface area contributed by atoms with E-state index < -0.39 is 0 Å². The van der Waals surface area contributed by atoms with Crippen LogP contribution in [-0.2, 0) is 6.42 Å². The lowest BCUT2D eigenvalue weighted by atomic mass is 9.84. The Bertz CT molecular complexity index is 826. The van der Waals surface area contributed by atoms with Crippen LogP contribution in [0.5, 0.6) is 0 Å². The number of hydrogen-bond acceptors (Lipinski definition) is 4. The summed E-state index contributed by atoms with van der Waals surface area (Å²) in [6.45, 7) is 4.38. The Morgan fingerprint density at radius 1 is 1.17 bits per heavy atom. The van der Waals surface area contributed by atoms with Crippen molar-refractivity contribution in [1.82, 2.24) is 15.0 Å². The largest absolute Gasteiger partial charge is 0.343 e. The topological polar surface area (TPSA) is 84.7 Å². The number of fused-ring (bicyclic) bond motifs is 1. The summed E-state index contributed by atoms with van der Waals surface area (Å²) in [5.41, 5.74) is 4.14. The Balaban J connectivity index is 1.78. The van der Waals surface area contributed by atoms with Crippen LogP contribution in [0.4, 0.5) is 5.69 Å². The van der Waals surface area contributed by atoms with Gasteiger partial charge in [-0.15, -0.1) is 0 Å². The smallest absolute Gasteiger partial charge is 0.269 e. The highest BCUT2D eigenvalue weighted by Crippen LogP contribution is 2.30. The van der Waals surface area contributed by atoms with Gasteiger partial charge in [-0.1, -0.05) is 26.0 Å². The van der Waals surface area contributed by atoms with Gasteiger partial charge in [0.25, 0.3) is 5.69 Å². The molecule has 0 aliphatic carbocycles. The van der Waals surface area contributed by atoms with E-state index in [0.717, 1.165) is 23.1 Å². The van der Waals surface area contributed by atoms with E-state index in [1.807, 2.05) is 18.2 Å². The third kappa shape index (κ3) is 3.06. The second kappa shape index (κ2) is 6.16. The van der Waals surface area contributed by atoms with Crippen LogP contribution in [0.1, 0.15) is 30.9 Å². The number of H-pyrrole nitrogens is 1. The molecule has 6 heteroatoms. The molecule has 0 aliphatic rings. The zero-order valence-corrected chi connectivity index (χ0v) is 13.1. The number of imidazole rings is 1. The van der Waals surface area contributed by atoms with Gasteiger partial charge in [-0.2, -0.15) is 0 Å². The Morgan fingerprint density at radius 3 is 2.61 bits per heavy atom. The summed E-state index contributed by atoms with van der Waals surface area (Å²) in [5, 5.41) is 10.7. The summed E-state index contributed by atoms with van der Waals surface area (Å²) in [5.74, 6) is 0.696. The first kappa shape index (κ1) is 15.1. The number of non-ortho nitro benzene ring substituents is 1. The fourth-order valence-corrected chi connectivity index (χ4v) is 2.86. The van der Waals surface area contributed by atoms with Crippen molar-refractivity contribution in [3.63, 3.8) is 0 Å². The first-order valence-electron chi connectivity index (χ1n) is 7.57. The van der Waals surface area contributed by atoms with Gasteiger partial charge in [-0.25, -0.2) is 9.97 Å². The number of pyridine rings is 1. The van der Waals surface area contributed by atoms with Crippen molar-refractivity contribution >= 4 is 16.9 Å². The molecule has 0 saturated carbocycles. The van der Waals surface area contributed by atoms with Crippen LogP contribution in [0.2, 0.25) is 0 Å². The van der Waals surface area contributed by atoms with Gasteiger partial charge in [0.1, 0.15) is 0 Å². The maximum atomic E-state index is 10.7. The van der Waals surface area contributed by atoms with Gasteiger partial charge in [0, 0.05) is 18.3 Å². The van der Waals surface area contributed by atoms with Gasteiger partial charge in [0.05, 0.1) is 16.8 Å². The van der Waals surface area contributed by atoms with Crippen molar-refractivity contribution in [2.24, 2.45) is 5.92 Å². The second-order valence-corrected chi connectivity index (χ2v) is 5.89. The molecule has 1 N–H and O–H groups in total. The summed E-state index contributed by atoms with van der Waals surface area (Å²) in [4.78, 5) is 22.0. The molecule has 0 bridgehead atoms. The highest BCUT2D eigenvalue weighted by Gasteiger charge is 2.18. The minimum absolute atomic E-state index is 0.128. The molecule has 23 heavy (non-hydrogen) atoms. The highest BCUT2D eigenvalue weighted by atomic mass is 16.6. The number of aromatic nitrogens is 3. The van der Waals surface area contributed by atoms with Crippen LogP contribution in [0, 0.1) is 16.0 Å². The van der Waals surface area contributed by atoms with E-state index in [4.69, 9.17) is 0 Å². The van der Waals surface area contributed by atoms with E-state index >= 15 is 0 Å². The van der Waals surface area contributed by atoms with Crippen molar-refractivity contribution < 1.29 is 4.92 Å². The van der Waals surface area contributed by atoms with Crippen molar-refractivity contribution in [2.75, 3.05) is 0 Å². The van der Waals surface area contributed by atoms with Crippen molar-refractivity contribution in [1.29, 1.82) is 0 Å². The van der Waals surface area contributed by atoms with Crippen molar-refractivity contribution in [3.8, 4) is 0 Å². The van der Waals surface area contributed by atoms with Crippen LogP contribution in [-0.4, -0.2) is 19.9 Å². The Kier molecular flexibility index (Phi) is 4.06. The van der Waals surface area contributed by atoms with Gasteiger partial charge in [0.15, 0.2) is 5.65 Å². The maximum Gasteiger partial charge on any atom is 0.269 e. The number of aromatic amines is 1. The number of rotatable bonds is 5. The lowest BCUT2D eigenvalue weighted by Crippen LogP contribution is -2.10. The van der Waals surface area contributed by atoms with Crippen LogP contribution in [0.15, 0.2) is 42.9 Å². The molecule has 2 heterocycles. The summed E-state index contributed by atoms with van der Waals surface area (Å²) in [6.07, 6.45) is 4.31. The normalized spacial score (nSPS) is 13.8.